The van der Waals surface area contributed by atoms with Crippen molar-refractivity contribution >= 4 is 17.4 Å². The monoisotopic (exact) mass is 279 g/mol. The topological polar surface area (TPSA) is 56.3 Å². The fraction of sp³-hybridized carbons (Fsp3) is 0.231. The Bertz CT molecular complexity index is 546. The van der Waals surface area contributed by atoms with Crippen molar-refractivity contribution in [2.24, 2.45) is 0 Å². The maximum absolute atomic E-state index is 5.71. The van der Waals surface area contributed by atoms with Crippen LogP contribution in [0.1, 0.15) is 5.56 Å². The Balaban J connectivity index is 2.05. The largest absolute Gasteiger partial charge is 0.497 e. The van der Waals surface area contributed by atoms with Gasteiger partial charge >= 0.3 is 0 Å². The molecular formula is C13H14ClN3O2. The molecule has 0 radical (unpaired) electrons. The number of aromatic nitrogens is 2. The van der Waals surface area contributed by atoms with Crippen LogP contribution in [0.25, 0.3) is 0 Å². The van der Waals surface area contributed by atoms with E-state index < -0.39 is 0 Å². The highest BCUT2D eigenvalue weighted by Crippen LogP contribution is 2.23. The number of hydrogen-bond donors (Lipinski definition) is 1. The molecule has 0 bridgehead atoms. The Labute approximate surface area is 116 Å². The van der Waals surface area contributed by atoms with Gasteiger partial charge in [-0.05, 0) is 29.3 Å². The Morgan fingerprint density at radius 3 is 2.63 bits per heavy atom. The van der Waals surface area contributed by atoms with Crippen molar-refractivity contribution < 1.29 is 9.47 Å². The molecule has 6 heteroatoms. The van der Waals surface area contributed by atoms with Crippen LogP contribution >= 0.6 is 11.6 Å². The van der Waals surface area contributed by atoms with Gasteiger partial charge in [0.05, 0.1) is 13.3 Å². The lowest BCUT2D eigenvalue weighted by Gasteiger charge is -2.10. The molecule has 0 fully saturated rings. The van der Waals surface area contributed by atoms with Crippen LogP contribution in [0, 0.1) is 0 Å². The minimum atomic E-state index is 0.182. The fourth-order valence-corrected chi connectivity index (χ4v) is 1.65. The van der Waals surface area contributed by atoms with Crippen molar-refractivity contribution in [2.75, 3.05) is 19.5 Å². The molecule has 2 rings (SSSR count). The first-order valence-electron chi connectivity index (χ1n) is 5.69. The number of nitrogens with zero attached hydrogens (tertiary/aromatic N) is 2. The van der Waals surface area contributed by atoms with Crippen LogP contribution in [0.5, 0.6) is 11.5 Å². The van der Waals surface area contributed by atoms with E-state index in [1.54, 1.807) is 20.4 Å². The number of methoxy groups -OCH3 is 1. The van der Waals surface area contributed by atoms with Gasteiger partial charge < -0.3 is 14.8 Å². The second kappa shape index (κ2) is 6.24. The molecular weight excluding hydrogens is 266 g/mol. The summed E-state index contributed by atoms with van der Waals surface area (Å²) in [4.78, 5) is 7.93. The van der Waals surface area contributed by atoms with Crippen molar-refractivity contribution in [3.05, 3.63) is 41.3 Å². The van der Waals surface area contributed by atoms with E-state index in [0.29, 0.717) is 18.2 Å². The highest BCUT2D eigenvalue weighted by atomic mass is 35.5. The summed E-state index contributed by atoms with van der Waals surface area (Å²) in [7, 11) is 3.38. The average molecular weight is 280 g/mol. The molecule has 19 heavy (non-hydrogen) atoms. The number of benzene rings is 1. The van der Waals surface area contributed by atoms with Crippen molar-refractivity contribution in [1.82, 2.24) is 9.97 Å². The Kier molecular flexibility index (Phi) is 4.41. The van der Waals surface area contributed by atoms with Crippen LogP contribution < -0.4 is 14.8 Å². The number of anilines is 1. The van der Waals surface area contributed by atoms with Crippen LogP contribution in [0.3, 0.4) is 0 Å². The first-order chi connectivity index (χ1) is 9.22. The van der Waals surface area contributed by atoms with Crippen molar-refractivity contribution in [2.45, 2.75) is 6.61 Å². The third kappa shape index (κ3) is 3.48. The molecule has 1 aromatic carbocycles. The predicted octanol–water partition coefficient (Wildman–Crippen LogP) is 2.76. The number of halogens is 1. The molecule has 0 aliphatic rings. The Morgan fingerprint density at radius 1 is 1.26 bits per heavy atom. The van der Waals surface area contributed by atoms with E-state index in [-0.39, 0.29) is 5.28 Å². The second-order valence-corrected chi connectivity index (χ2v) is 4.08. The van der Waals surface area contributed by atoms with Crippen LogP contribution in [-0.4, -0.2) is 24.1 Å². The Morgan fingerprint density at radius 2 is 2.00 bits per heavy atom. The highest BCUT2D eigenvalue weighted by molar-refractivity contribution is 6.28. The van der Waals surface area contributed by atoms with Crippen LogP contribution in [0.2, 0.25) is 5.28 Å². The van der Waals surface area contributed by atoms with Crippen molar-refractivity contribution in [3.63, 3.8) is 0 Å². The Hall–Kier alpha value is -2.01. The van der Waals surface area contributed by atoms with Gasteiger partial charge in [0, 0.05) is 7.05 Å². The highest BCUT2D eigenvalue weighted by Gasteiger charge is 2.06. The molecule has 2 aromatic rings. The van der Waals surface area contributed by atoms with Crippen LogP contribution in [-0.2, 0) is 6.61 Å². The number of ether oxygens (including phenoxy) is 2. The third-order valence-corrected chi connectivity index (χ3v) is 2.70. The second-order valence-electron chi connectivity index (χ2n) is 3.74. The molecule has 1 heterocycles. The van der Waals surface area contributed by atoms with Gasteiger partial charge in [-0.3, -0.25) is 0 Å². The smallest absolute Gasteiger partial charge is 0.224 e. The molecule has 1 aromatic heterocycles. The quantitative estimate of drug-likeness (QED) is 0.853. The molecule has 0 aliphatic carbocycles. The summed E-state index contributed by atoms with van der Waals surface area (Å²) in [5.41, 5.74) is 1.03. The zero-order valence-corrected chi connectivity index (χ0v) is 11.4. The van der Waals surface area contributed by atoms with Gasteiger partial charge in [0.15, 0.2) is 11.6 Å². The molecule has 5 nitrogen and oxygen atoms in total. The van der Waals surface area contributed by atoms with Gasteiger partial charge in [-0.15, -0.1) is 0 Å². The number of hydrogen-bond acceptors (Lipinski definition) is 5. The summed E-state index contributed by atoms with van der Waals surface area (Å²) in [6.45, 7) is 0.420. The summed E-state index contributed by atoms with van der Waals surface area (Å²) in [5.74, 6) is 1.94. The van der Waals surface area contributed by atoms with E-state index in [2.05, 4.69) is 15.3 Å². The van der Waals surface area contributed by atoms with Gasteiger partial charge in [0.1, 0.15) is 12.4 Å². The average Bonchev–Trinajstić information content (AvgIpc) is 2.46. The molecule has 0 atom stereocenters. The number of nitrogens with one attached hydrogen (secondary N) is 1. The van der Waals surface area contributed by atoms with E-state index in [4.69, 9.17) is 21.1 Å². The van der Waals surface area contributed by atoms with E-state index >= 15 is 0 Å². The van der Waals surface area contributed by atoms with Gasteiger partial charge in [0.2, 0.25) is 5.28 Å². The number of rotatable bonds is 5. The molecule has 0 saturated carbocycles. The lowest BCUT2D eigenvalue weighted by molar-refractivity contribution is 0.305. The molecule has 0 unspecified atom stereocenters. The molecule has 0 aliphatic heterocycles. The predicted molar refractivity (Wildman–Crippen MR) is 73.9 cm³/mol. The zero-order chi connectivity index (χ0) is 13.7. The lowest BCUT2D eigenvalue weighted by Crippen LogP contribution is -2.02. The molecule has 0 spiro atoms. The minimum Gasteiger partial charge on any atom is -0.497 e. The normalized spacial score (nSPS) is 10.1. The minimum absolute atomic E-state index is 0.182. The summed E-state index contributed by atoms with van der Waals surface area (Å²) in [6, 6.07) is 7.65. The summed E-state index contributed by atoms with van der Waals surface area (Å²) in [5, 5.41) is 3.09. The van der Waals surface area contributed by atoms with Gasteiger partial charge in [0.25, 0.3) is 0 Å². The molecule has 0 saturated heterocycles. The van der Waals surface area contributed by atoms with E-state index in [1.807, 2.05) is 24.3 Å². The maximum atomic E-state index is 5.71. The van der Waals surface area contributed by atoms with E-state index in [0.717, 1.165) is 11.3 Å². The third-order valence-electron chi connectivity index (χ3n) is 2.52. The standard InChI is InChI=1S/C13H14ClN3O2/c1-15-12-11(7-16-13(14)17-12)19-8-9-3-5-10(18-2)6-4-9/h3-7H,8H2,1-2H3,(H,15,16,17). The SMILES string of the molecule is CNc1nc(Cl)ncc1OCc1ccc(OC)cc1. The first kappa shape index (κ1) is 13.4. The van der Waals surface area contributed by atoms with E-state index in [9.17, 15) is 0 Å². The van der Waals surface area contributed by atoms with Gasteiger partial charge in [-0.2, -0.15) is 4.98 Å². The van der Waals surface area contributed by atoms with Crippen molar-refractivity contribution in [1.29, 1.82) is 0 Å². The first-order valence-corrected chi connectivity index (χ1v) is 6.06. The zero-order valence-electron chi connectivity index (χ0n) is 10.7. The van der Waals surface area contributed by atoms with Crippen LogP contribution in [0.4, 0.5) is 5.82 Å². The van der Waals surface area contributed by atoms with Gasteiger partial charge in [-0.25, -0.2) is 4.98 Å². The van der Waals surface area contributed by atoms with E-state index in [1.165, 1.54) is 0 Å². The molecule has 0 amide bonds. The summed E-state index contributed by atoms with van der Waals surface area (Å²) < 4.78 is 10.8. The molecule has 1 N–H and O–H groups in total. The molecule has 100 valence electrons. The fourth-order valence-electron chi connectivity index (χ4n) is 1.52. The lowest BCUT2D eigenvalue weighted by atomic mass is 10.2. The summed E-state index contributed by atoms with van der Waals surface area (Å²) in [6.07, 6.45) is 1.55. The van der Waals surface area contributed by atoms with Gasteiger partial charge in [-0.1, -0.05) is 12.1 Å². The van der Waals surface area contributed by atoms with Crippen molar-refractivity contribution in [3.8, 4) is 11.5 Å². The van der Waals surface area contributed by atoms with Crippen LogP contribution in [0.15, 0.2) is 30.5 Å². The maximum Gasteiger partial charge on any atom is 0.224 e. The summed E-state index contributed by atoms with van der Waals surface area (Å²) >= 11 is 5.71.